The number of hydrogen-bond donors (Lipinski definition) is 1. The van der Waals surface area contributed by atoms with Crippen molar-refractivity contribution in [1.82, 2.24) is 15.2 Å². The lowest BCUT2D eigenvalue weighted by Gasteiger charge is -2.34. The quantitative estimate of drug-likeness (QED) is 0.778. The largest absolute Gasteiger partial charge is 0.471 e. The molecule has 2 fully saturated rings. The number of carbonyl (C=O) groups is 2. The summed E-state index contributed by atoms with van der Waals surface area (Å²) in [5.41, 5.74) is 0.295. The highest BCUT2D eigenvalue weighted by atomic mass is 19.4. The van der Waals surface area contributed by atoms with Crippen LogP contribution in [0.1, 0.15) is 56.6 Å². The van der Waals surface area contributed by atoms with Gasteiger partial charge in [-0.25, -0.2) is 0 Å². The second-order valence-electron chi connectivity index (χ2n) is 7.62. The summed E-state index contributed by atoms with van der Waals surface area (Å²) in [7, 11) is 0. The maximum atomic E-state index is 13.4. The van der Waals surface area contributed by atoms with Crippen LogP contribution in [-0.2, 0) is 14.3 Å². The SMILES string of the molecule is O=C(NC1CCCCC1)[C@@H](c1ccncc1)N(C[C@@H]1CCCO1)C(=O)C(F)(F)F. The van der Waals surface area contributed by atoms with Gasteiger partial charge in [0.2, 0.25) is 5.91 Å². The van der Waals surface area contributed by atoms with Crippen molar-refractivity contribution in [2.24, 2.45) is 0 Å². The predicted molar refractivity (Wildman–Crippen MR) is 98.7 cm³/mol. The maximum absolute atomic E-state index is 13.4. The molecule has 1 saturated carbocycles. The second kappa shape index (κ2) is 9.56. The average Bonchev–Trinajstić information content (AvgIpc) is 3.21. The fourth-order valence-electron chi connectivity index (χ4n) is 4.02. The molecule has 1 N–H and O–H groups in total. The summed E-state index contributed by atoms with van der Waals surface area (Å²) in [6, 6.07) is 1.46. The Bertz CT molecular complexity index is 687. The summed E-state index contributed by atoms with van der Waals surface area (Å²) < 4.78 is 45.6. The van der Waals surface area contributed by atoms with Crippen LogP contribution in [-0.4, -0.2) is 53.2 Å². The molecule has 1 aromatic heterocycles. The third-order valence-electron chi connectivity index (χ3n) is 5.46. The van der Waals surface area contributed by atoms with E-state index in [-0.39, 0.29) is 12.6 Å². The van der Waals surface area contributed by atoms with Gasteiger partial charge in [0.05, 0.1) is 6.10 Å². The van der Waals surface area contributed by atoms with Gasteiger partial charge in [-0.1, -0.05) is 19.3 Å². The fraction of sp³-hybridized carbons (Fsp3) is 0.650. The van der Waals surface area contributed by atoms with Crippen molar-refractivity contribution in [2.45, 2.75) is 69.3 Å². The van der Waals surface area contributed by atoms with Crippen LogP contribution in [0.25, 0.3) is 0 Å². The van der Waals surface area contributed by atoms with Crippen molar-refractivity contribution in [3.63, 3.8) is 0 Å². The van der Waals surface area contributed by atoms with Gasteiger partial charge >= 0.3 is 12.1 Å². The molecule has 6 nitrogen and oxygen atoms in total. The summed E-state index contributed by atoms with van der Waals surface area (Å²) in [6.07, 6.45) is 3.04. The van der Waals surface area contributed by atoms with Gasteiger partial charge in [0.15, 0.2) is 0 Å². The third-order valence-corrected chi connectivity index (χ3v) is 5.46. The molecule has 0 aromatic carbocycles. The Kier molecular flexibility index (Phi) is 7.10. The van der Waals surface area contributed by atoms with E-state index in [2.05, 4.69) is 10.3 Å². The van der Waals surface area contributed by atoms with Crippen LogP contribution in [0.2, 0.25) is 0 Å². The van der Waals surface area contributed by atoms with Gasteiger partial charge in [0.1, 0.15) is 6.04 Å². The van der Waals surface area contributed by atoms with Gasteiger partial charge in [0.25, 0.3) is 0 Å². The molecule has 0 unspecified atom stereocenters. The topological polar surface area (TPSA) is 71.5 Å². The highest BCUT2D eigenvalue weighted by Gasteiger charge is 2.47. The lowest BCUT2D eigenvalue weighted by Crippen LogP contribution is -2.52. The van der Waals surface area contributed by atoms with Crippen molar-refractivity contribution in [2.75, 3.05) is 13.2 Å². The number of amides is 2. The van der Waals surface area contributed by atoms with Crippen LogP contribution in [0.3, 0.4) is 0 Å². The molecule has 2 atom stereocenters. The minimum absolute atomic E-state index is 0.0915. The number of carbonyl (C=O) groups excluding carboxylic acids is 2. The molecule has 3 rings (SSSR count). The predicted octanol–water partition coefficient (Wildman–Crippen LogP) is 3.14. The summed E-state index contributed by atoms with van der Waals surface area (Å²) in [6.45, 7) is 0.149. The van der Waals surface area contributed by atoms with Crippen LogP contribution in [0, 0.1) is 0 Å². The number of nitrogens with one attached hydrogen (secondary N) is 1. The molecule has 0 spiro atoms. The molecule has 29 heavy (non-hydrogen) atoms. The minimum atomic E-state index is -5.09. The van der Waals surface area contributed by atoms with E-state index in [1.165, 1.54) is 24.5 Å². The number of alkyl halides is 3. The molecule has 2 aliphatic rings. The number of hydrogen-bond acceptors (Lipinski definition) is 4. The van der Waals surface area contributed by atoms with Gasteiger partial charge in [-0.3, -0.25) is 14.6 Å². The van der Waals surface area contributed by atoms with Gasteiger partial charge in [-0.05, 0) is 43.4 Å². The zero-order valence-corrected chi connectivity index (χ0v) is 16.2. The zero-order chi connectivity index (χ0) is 20.9. The first-order chi connectivity index (χ1) is 13.9. The summed E-state index contributed by atoms with van der Waals surface area (Å²) in [5, 5.41) is 2.87. The van der Waals surface area contributed by atoms with E-state index >= 15 is 0 Å². The first-order valence-electron chi connectivity index (χ1n) is 10.1. The van der Waals surface area contributed by atoms with Gasteiger partial charge in [-0.2, -0.15) is 13.2 Å². The molecule has 2 amide bonds. The Morgan fingerprint density at radius 2 is 1.83 bits per heavy atom. The zero-order valence-electron chi connectivity index (χ0n) is 16.2. The lowest BCUT2D eigenvalue weighted by molar-refractivity contribution is -0.190. The maximum Gasteiger partial charge on any atom is 0.471 e. The lowest BCUT2D eigenvalue weighted by atomic mass is 9.94. The summed E-state index contributed by atoms with van der Waals surface area (Å²) in [4.78, 5) is 29.9. The number of pyridine rings is 1. The molecule has 0 radical (unpaired) electrons. The Labute approximate surface area is 167 Å². The van der Waals surface area contributed by atoms with Crippen molar-refractivity contribution in [1.29, 1.82) is 0 Å². The molecule has 1 aromatic rings. The van der Waals surface area contributed by atoms with Gasteiger partial charge < -0.3 is 15.0 Å². The number of halogens is 3. The molecule has 160 valence electrons. The Morgan fingerprint density at radius 1 is 1.14 bits per heavy atom. The van der Waals surface area contributed by atoms with E-state index in [0.29, 0.717) is 29.9 Å². The molecule has 2 heterocycles. The summed E-state index contributed by atoms with van der Waals surface area (Å²) >= 11 is 0. The van der Waals surface area contributed by atoms with Crippen LogP contribution in [0.4, 0.5) is 13.2 Å². The number of rotatable bonds is 6. The van der Waals surface area contributed by atoms with Crippen molar-refractivity contribution in [3.05, 3.63) is 30.1 Å². The van der Waals surface area contributed by atoms with Crippen LogP contribution < -0.4 is 5.32 Å². The van der Waals surface area contributed by atoms with Crippen molar-refractivity contribution in [3.8, 4) is 0 Å². The van der Waals surface area contributed by atoms with Crippen LogP contribution in [0.15, 0.2) is 24.5 Å². The highest BCUT2D eigenvalue weighted by molar-refractivity contribution is 5.91. The van der Waals surface area contributed by atoms with E-state index in [9.17, 15) is 22.8 Å². The number of nitrogens with zero attached hydrogens (tertiary/aromatic N) is 2. The molecular weight excluding hydrogens is 387 g/mol. The second-order valence-corrected chi connectivity index (χ2v) is 7.62. The Morgan fingerprint density at radius 3 is 2.41 bits per heavy atom. The van der Waals surface area contributed by atoms with E-state index in [0.717, 1.165) is 32.1 Å². The highest BCUT2D eigenvalue weighted by Crippen LogP contribution is 2.30. The van der Waals surface area contributed by atoms with Gasteiger partial charge in [0, 0.05) is 31.6 Å². The van der Waals surface area contributed by atoms with Crippen LogP contribution >= 0.6 is 0 Å². The first kappa shape index (κ1) is 21.5. The molecular formula is C20H26F3N3O3. The standard InChI is InChI=1S/C20H26F3N3O3/c21-20(22,23)19(28)26(13-16-7-4-12-29-16)17(14-8-10-24-11-9-14)18(27)25-15-5-2-1-3-6-15/h8-11,15-17H,1-7,12-13H2,(H,25,27)/t16-,17+/m0/s1. The molecule has 1 aliphatic heterocycles. The van der Waals surface area contributed by atoms with Crippen LogP contribution in [0.5, 0.6) is 0 Å². The first-order valence-corrected chi connectivity index (χ1v) is 10.1. The van der Waals surface area contributed by atoms with Gasteiger partial charge in [-0.15, -0.1) is 0 Å². The smallest absolute Gasteiger partial charge is 0.376 e. The monoisotopic (exact) mass is 413 g/mol. The van der Waals surface area contributed by atoms with E-state index in [4.69, 9.17) is 4.74 Å². The molecule has 1 saturated heterocycles. The van der Waals surface area contributed by atoms with E-state index in [1.54, 1.807) is 0 Å². The molecule has 1 aliphatic carbocycles. The van der Waals surface area contributed by atoms with Crippen molar-refractivity contribution < 1.29 is 27.5 Å². The third kappa shape index (κ3) is 5.68. The minimum Gasteiger partial charge on any atom is -0.376 e. The number of aromatic nitrogens is 1. The molecule has 9 heteroatoms. The van der Waals surface area contributed by atoms with E-state index < -0.39 is 30.1 Å². The number of ether oxygens (including phenoxy) is 1. The molecule has 0 bridgehead atoms. The normalized spacial score (nSPS) is 21.6. The Balaban J connectivity index is 1.90. The average molecular weight is 413 g/mol. The summed E-state index contributed by atoms with van der Waals surface area (Å²) in [5.74, 6) is -2.63. The fourth-order valence-corrected chi connectivity index (χ4v) is 4.02. The van der Waals surface area contributed by atoms with Crippen molar-refractivity contribution >= 4 is 11.8 Å². The Hall–Kier alpha value is -2.16. The van der Waals surface area contributed by atoms with E-state index in [1.807, 2.05) is 0 Å².